The average molecular weight is 702 g/mol. The van der Waals surface area contributed by atoms with Crippen molar-refractivity contribution in [2.24, 2.45) is 0 Å². The van der Waals surface area contributed by atoms with Gasteiger partial charge in [-0.05, 0) is 57.4 Å². The van der Waals surface area contributed by atoms with Crippen LogP contribution >= 0.6 is 11.8 Å². The van der Waals surface area contributed by atoms with Gasteiger partial charge in [-0.1, -0.05) is 70.2 Å². The van der Waals surface area contributed by atoms with Crippen LogP contribution in [0.5, 0.6) is 11.5 Å². The number of carbonyl (C=O) groups is 3. The smallest absolute Gasteiger partial charge is 0.342 e. The van der Waals surface area contributed by atoms with Gasteiger partial charge in [-0.3, -0.25) is 9.00 Å². The number of esters is 2. The molecule has 3 unspecified atom stereocenters. The molecule has 262 valence electrons. The van der Waals surface area contributed by atoms with E-state index in [1.165, 1.54) is 54.3 Å². The fraction of sp³-hybridized carbons (Fsp3) is 0.583. The molecule has 6 atom stereocenters. The van der Waals surface area contributed by atoms with Crippen molar-refractivity contribution < 1.29 is 42.3 Å². The van der Waals surface area contributed by atoms with E-state index >= 15 is 0 Å². The summed E-state index contributed by atoms with van der Waals surface area (Å²) in [4.78, 5) is 38.7. The standard InChI is InChI=1S/C18H19NO6S.C18H28O3S/c1-4-23-11-13(20)19-12(18(2,3)26-14(11)19)16(22)25-17-10-8-6-5-7-9(10)15(21)24-17;1-3-4-5-6-7-8-11-22(19)15(2)12-16-9-10-17-18(13-16)21-14-20-17/h5-8,11-12,14,17H,4H2,1-3H3;9-10,13,15H,3-8,11-12,14H2,1-2H3/t11-,12+,14-,17?;/m1./s1. The summed E-state index contributed by atoms with van der Waals surface area (Å²) in [5, 5.41) is -0.00979. The van der Waals surface area contributed by atoms with E-state index in [2.05, 4.69) is 13.8 Å². The Morgan fingerprint density at radius 1 is 1.04 bits per heavy atom. The number of carbonyl (C=O) groups excluding carboxylic acids is 3. The summed E-state index contributed by atoms with van der Waals surface area (Å²) >= 11 is 1.52. The van der Waals surface area contributed by atoms with Gasteiger partial charge >= 0.3 is 11.9 Å². The second kappa shape index (κ2) is 16.1. The molecule has 4 aliphatic rings. The van der Waals surface area contributed by atoms with Gasteiger partial charge in [0.05, 0.1) is 5.56 Å². The van der Waals surface area contributed by atoms with Gasteiger partial charge in [-0.15, -0.1) is 11.8 Å². The van der Waals surface area contributed by atoms with E-state index in [9.17, 15) is 18.6 Å². The van der Waals surface area contributed by atoms with E-state index in [1.807, 2.05) is 39.0 Å². The molecule has 0 N–H and O–H groups in total. The first kappa shape index (κ1) is 36.2. The number of hydrogen-bond acceptors (Lipinski definition) is 10. The molecule has 4 heterocycles. The number of rotatable bonds is 14. The Balaban J connectivity index is 0.000000191. The van der Waals surface area contributed by atoms with Crippen LogP contribution in [0.4, 0.5) is 0 Å². The predicted molar refractivity (Wildman–Crippen MR) is 184 cm³/mol. The molecule has 0 spiro atoms. The highest BCUT2D eigenvalue weighted by Gasteiger charge is 2.65. The molecule has 2 aromatic carbocycles. The van der Waals surface area contributed by atoms with E-state index in [-0.39, 0.29) is 16.5 Å². The molecule has 2 saturated heterocycles. The normalized spacial score (nSPS) is 24.1. The molecule has 0 saturated carbocycles. The predicted octanol–water partition coefficient (Wildman–Crippen LogP) is 6.32. The van der Waals surface area contributed by atoms with E-state index in [0.29, 0.717) is 24.5 Å². The number of amides is 1. The molecule has 12 heteroatoms. The zero-order chi connectivity index (χ0) is 34.4. The van der Waals surface area contributed by atoms with Crippen LogP contribution in [-0.2, 0) is 41.0 Å². The summed E-state index contributed by atoms with van der Waals surface area (Å²) in [5.41, 5.74) is 2.08. The van der Waals surface area contributed by atoms with Crippen LogP contribution < -0.4 is 9.47 Å². The molecule has 0 bridgehead atoms. The van der Waals surface area contributed by atoms with Crippen molar-refractivity contribution in [3.8, 4) is 11.5 Å². The SMILES string of the molecule is CCCCCCCCS(=O)C(C)Cc1ccc2c(c1)OCO2.CCO[C@@H]1C(=O)N2[C@@H]1SC(C)(C)[C@@H]2C(=O)OC1OC(=O)c2ccccc21. The lowest BCUT2D eigenvalue weighted by Gasteiger charge is -2.43. The molecule has 2 aromatic rings. The Morgan fingerprint density at radius 2 is 1.77 bits per heavy atom. The molecule has 2 fully saturated rings. The lowest BCUT2D eigenvalue weighted by Crippen LogP contribution is -2.66. The number of fused-ring (bicyclic) bond motifs is 3. The van der Waals surface area contributed by atoms with E-state index in [4.69, 9.17) is 23.7 Å². The second-order valence-electron chi connectivity index (χ2n) is 13.0. The zero-order valence-corrected chi connectivity index (χ0v) is 30.1. The molecule has 6 rings (SSSR count). The van der Waals surface area contributed by atoms with Crippen LogP contribution in [0.1, 0.15) is 101 Å². The fourth-order valence-electron chi connectivity index (χ4n) is 6.38. The van der Waals surface area contributed by atoms with Crippen molar-refractivity contribution in [3.63, 3.8) is 0 Å². The maximum absolute atomic E-state index is 12.9. The average Bonchev–Trinajstić information content (AvgIpc) is 3.73. The minimum Gasteiger partial charge on any atom is -0.454 e. The third-order valence-electron chi connectivity index (χ3n) is 8.94. The van der Waals surface area contributed by atoms with Crippen molar-refractivity contribution in [1.82, 2.24) is 4.90 Å². The number of unbranched alkanes of at least 4 members (excludes halogenated alkanes) is 5. The first-order valence-electron chi connectivity index (χ1n) is 16.9. The highest BCUT2D eigenvalue weighted by atomic mass is 32.2. The largest absolute Gasteiger partial charge is 0.454 e. The first-order valence-corrected chi connectivity index (χ1v) is 19.2. The number of cyclic esters (lactones) is 1. The molecule has 0 radical (unpaired) electrons. The first-order chi connectivity index (χ1) is 23.1. The summed E-state index contributed by atoms with van der Waals surface area (Å²) in [6, 6.07) is 12.0. The van der Waals surface area contributed by atoms with E-state index < -0.39 is 45.9 Å². The molecule has 1 amide bonds. The third-order valence-corrected chi connectivity index (χ3v) is 12.2. The second-order valence-corrected chi connectivity index (χ2v) is 16.7. The van der Waals surface area contributed by atoms with Gasteiger partial charge in [0.2, 0.25) is 6.79 Å². The molecule has 0 aromatic heterocycles. The minimum atomic E-state index is -1.08. The lowest BCUT2D eigenvalue weighted by molar-refractivity contribution is -0.187. The van der Waals surface area contributed by atoms with Gasteiger partial charge in [-0.25, -0.2) is 9.59 Å². The van der Waals surface area contributed by atoms with Crippen LogP contribution in [0.25, 0.3) is 0 Å². The van der Waals surface area contributed by atoms with Gasteiger partial charge < -0.3 is 28.6 Å². The van der Waals surface area contributed by atoms with Gasteiger partial charge in [-0.2, -0.15) is 0 Å². The monoisotopic (exact) mass is 701 g/mol. The molecule has 0 aliphatic carbocycles. The lowest BCUT2D eigenvalue weighted by atomic mass is 9.97. The van der Waals surface area contributed by atoms with Crippen molar-refractivity contribution in [1.29, 1.82) is 0 Å². The Hall–Kier alpha value is -3.09. The van der Waals surface area contributed by atoms with Gasteiger partial charge in [0.1, 0.15) is 11.4 Å². The van der Waals surface area contributed by atoms with Gasteiger partial charge in [0.15, 0.2) is 17.6 Å². The van der Waals surface area contributed by atoms with E-state index in [0.717, 1.165) is 30.1 Å². The van der Waals surface area contributed by atoms with Gasteiger partial charge in [0, 0.05) is 38.7 Å². The Morgan fingerprint density at radius 3 is 2.54 bits per heavy atom. The number of benzene rings is 2. The summed E-state index contributed by atoms with van der Waals surface area (Å²) in [6.45, 7) is 10.7. The van der Waals surface area contributed by atoms with E-state index in [1.54, 1.807) is 24.3 Å². The van der Waals surface area contributed by atoms with Crippen molar-refractivity contribution in [2.75, 3.05) is 19.2 Å². The summed E-state index contributed by atoms with van der Waals surface area (Å²) in [7, 11) is -0.743. The summed E-state index contributed by atoms with van der Waals surface area (Å²) < 4.78 is 38.7. The minimum absolute atomic E-state index is 0.191. The summed E-state index contributed by atoms with van der Waals surface area (Å²) in [5.74, 6) is 1.14. The molecular formula is C36H47NO9S2. The Kier molecular flexibility index (Phi) is 12.1. The van der Waals surface area contributed by atoms with Crippen molar-refractivity contribution in [3.05, 3.63) is 59.2 Å². The van der Waals surface area contributed by atoms with Crippen LogP contribution in [0.2, 0.25) is 0 Å². The Bertz CT molecular complexity index is 1500. The molecule has 48 heavy (non-hydrogen) atoms. The maximum atomic E-state index is 12.9. The highest BCUT2D eigenvalue weighted by Crippen LogP contribution is 2.52. The van der Waals surface area contributed by atoms with Crippen LogP contribution in [0.15, 0.2) is 42.5 Å². The topological polar surface area (TPSA) is 118 Å². The fourth-order valence-corrected chi connectivity index (χ4v) is 9.27. The van der Waals surface area contributed by atoms with Gasteiger partial charge in [0.25, 0.3) is 12.2 Å². The number of nitrogens with zero attached hydrogens (tertiary/aromatic N) is 1. The number of β-lactam (4-membered cyclic amide) rings is 1. The van der Waals surface area contributed by atoms with Crippen LogP contribution in [0.3, 0.4) is 0 Å². The number of thioether (sulfide) groups is 1. The van der Waals surface area contributed by atoms with Crippen molar-refractivity contribution in [2.45, 2.75) is 113 Å². The van der Waals surface area contributed by atoms with Crippen LogP contribution in [-0.4, -0.2) is 73.6 Å². The quantitative estimate of drug-likeness (QED) is 0.126. The Labute approximate surface area is 290 Å². The molecular weight excluding hydrogens is 655 g/mol. The zero-order valence-electron chi connectivity index (χ0n) is 28.4. The maximum Gasteiger partial charge on any atom is 0.342 e. The van der Waals surface area contributed by atoms with Crippen LogP contribution in [0, 0.1) is 0 Å². The van der Waals surface area contributed by atoms with Crippen molar-refractivity contribution >= 4 is 40.4 Å². The highest BCUT2D eigenvalue weighted by molar-refractivity contribution is 8.01. The number of hydrogen-bond donors (Lipinski definition) is 0. The molecule has 10 nitrogen and oxygen atoms in total. The third kappa shape index (κ3) is 8.03. The summed E-state index contributed by atoms with van der Waals surface area (Å²) in [6.07, 6.45) is 6.72. The molecule has 4 aliphatic heterocycles. The number of ether oxygens (including phenoxy) is 5.